The SMILES string of the molecule is c1ccc(-c2nc(-c3ccc4sc5cccc(-c6nc(-c7ccccc7)c7sc8ccccc8c7n6)c5c4c3)nc(-c3cccc4oc5ccccc5c34)n2)cc1. The fourth-order valence-electron chi connectivity index (χ4n) is 7.96. The van der Waals surface area contributed by atoms with E-state index in [4.69, 9.17) is 29.3 Å². The Morgan fingerprint density at radius 2 is 0.982 bits per heavy atom. The van der Waals surface area contributed by atoms with Crippen LogP contribution in [0.25, 0.3) is 119 Å². The lowest BCUT2D eigenvalue weighted by molar-refractivity contribution is 0.669. The normalized spacial score (nSPS) is 11.9. The van der Waals surface area contributed by atoms with Gasteiger partial charge in [0.1, 0.15) is 11.2 Å². The van der Waals surface area contributed by atoms with Crippen LogP contribution in [0, 0.1) is 0 Å². The third kappa shape index (κ3) is 5.19. The van der Waals surface area contributed by atoms with E-state index < -0.39 is 0 Å². The van der Waals surface area contributed by atoms with Gasteiger partial charge >= 0.3 is 0 Å². The van der Waals surface area contributed by atoms with Crippen LogP contribution in [0.3, 0.4) is 0 Å². The van der Waals surface area contributed by atoms with Gasteiger partial charge in [-0.15, -0.1) is 22.7 Å². The van der Waals surface area contributed by atoms with Gasteiger partial charge in [0.05, 0.1) is 15.9 Å². The Kier molecular flexibility index (Phi) is 7.17. The van der Waals surface area contributed by atoms with E-state index in [1.54, 1.807) is 22.7 Å². The molecule has 5 heterocycles. The van der Waals surface area contributed by atoms with Crippen molar-refractivity contribution in [3.05, 3.63) is 164 Å². The van der Waals surface area contributed by atoms with Gasteiger partial charge in [-0.1, -0.05) is 121 Å². The summed E-state index contributed by atoms with van der Waals surface area (Å²) in [5, 5.41) is 5.37. The lowest BCUT2D eigenvalue weighted by Gasteiger charge is -2.10. The first kappa shape index (κ1) is 32.1. The number of para-hydroxylation sites is 1. The monoisotopic (exact) mass is 765 g/mol. The highest BCUT2D eigenvalue weighted by Crippen LogP contribution is 2.44. The van der Waals surface area contributed by atoms with Crippen LogP contribution in [0.2, 0.25) is 0 Å². The van der Waals surface area contributed by atoms with Crippen LogP contribution in [0.4, 0.5) is 0 Å². The number of rotatable bonds is 5. The quantitative estimate of drug-likeness (QED) is 0.174. The molecule has 266 valence electrons. The number of hydrogen-bond acceptors (Lipinski definition) is 8. The van der Waals surface area contributed by atoms with Crippen molar-refractivity contribution in [3.8, 4) is 56.8 Å². The Hall–Kier alpha value is -7.13. The predicted octanol–water partition coefficient (Wildman–Crippen LogP) is 13.6. The fraction of sp³-hybridized carbons (Fsp3) is 0. The molecule has 12 rings (SSSR count). The molecule has 0 radical (unpaired) electrons. The van der Waals surface area contributed by atoms with Crippen molar-refractivity contribution in [2.24, 2.45) is 0 Å². The number of aromatic nitrogens is 5. The number of fused-ring (bicyclic) bond motifs is 9. The van der Waals surface area contributed by atoms with Gasteiger partial charge in [-0.2, -0.15) is 0 Å². The zero-order valence-corrected chi connectivity index (χ0v) is 31.7. The Morgan fingerprint density at radius 1 is 0.368 bits per heavy atom. The van der Waals surface area contributed by atoms with Crippen molar-refractivity contribution in [3.63, 3.8) is 0 Å². The second-order valence-electron chi connectivity index (χ2n) is 14.0. The van der Waals surface area contributed by atoms with Crippen LogP contribution in [0.15, 0.2) is 168 Å². The average molecular weight is 766 g/mol. The van der Waals surface area contributed by atoms with Crippen LogP contribution in [-0.2, 0) is 0 Å². The van der Waals surface area contributed by atoms with E-state index >= 15 is 0 Å². The Labute approximate surface area is 333 Å². The zero-order valence-electron chi connectivity index (χ0n) is 30.0. The summed E-state index contributed by atoms with van der Waals surface area (Å²) in [6.07, 6.45) is 0. The molecule has 0 aliphatic carbocycles. The molecular formula is C49H27N5OS2. The Bertz CT molecular complexity index is 3540. The summed E-state index contributed by atoms with van der Waals surface area (Å²) in [7, 11) is 0. The van der Waals surface area contributed by atoms with Crippen molar-refractivity contribution >= 4 is 85.1 Å². The number of thiophene rings is 2. The maximum Gasteiger partial charge on any atom is 0.164 e. The van der Waals surface area contributed by atoms with E-state index in [1.807, 2.05) is 66.7 Å². The van der Waals surface area contributed by atoms with E-state index in [0.717, 1.165) is 81.8 Å². The van der Waals surface area contributed by atoms with Gasteiger partial charge in [-0.3, -0.25) is 0 Å². The summed E-state index contributed by atoms with van der Waals surface area (Å²) in [5.41, 5.74) is 8.31. The molecule has 0 spiro atoms. The van der Waals surface area contributed by atoms with Gasteiger partial charge in [-0.25, -0.2) is 24.9 Å². The van der Waals surface area contributed by atoms with Gasteiger partial charge in [0.15, 0.2) is 23.3 Å². The molecular weight excluding hydrogens is 739 g/mol. The molecule has 12 aromatic rings. The molecule has 0 aliphatic rings. The van der Waals surface area contributed by atoms with Crippen LogP contribution in [-0.4, -0.2) is 24.9 Å². The second kappa shape index (κ2) is 12.7. The maximum atomic E-state index is 6.27. The second-order valence-corrected chi connectivity index (χ2v) is 16.1. The van der Waals surface area contributed by atoms with Crippen molar-refractivity contribution in [2.75, 3.05) is 0 Å². The topological polar surface area (TPSA) is 77.6 Å². The van der Waals surface area contributed by atoms with E-state index in [1.165, 1.54) is 14.1 Å². The molecule has 7 aromatic carbocycles. The molecule has 0 fully saturated rings. The lowest BCUT2D eigenvalue weighted by Crippen LogP contribution is -2.00. The van der Waals surface area contributed by atoms with E-state index in [2.05, 4.69) is 97.1 Å². The Morgan fingerprint density at radius 3 is 1.82 bits per heavy atom. The van der Waals surface area contributed by atoms with E-state index in [9.17, 15) is 0 Å². The van der Waals surface area contributed by atoms with E-state index in [0.29, 0.717) is 23.3 Å². The Balaban J connectivity index is 1.09. The van der Waals surface area contributed by atoms with Crippen LogP contribution in [0.5, 0.6) is 0 Å². The molecule has 5 aromatic heterocycles. The standard InChI is InChI=1S/C49H27N5OS2/c1-3-13-28(14-4-1)43-45-44(32-18-8-10-23-38(32)57-45)51-48(50-43)34-20-12-24-40-42(34)35-27-30(25-26-39(35)56-40)47-52-46(29-15-5-2-6-16-29)53-49(54-47)33-19-11-22-37-41(33)31-17-7-9-21-36(31)55-37/h1-27H. The first-order chi connectivity index (χ1) is 28.2. The highest BCUT2D eigenvalue weighted by Gasteiger charge is 2.21. The lowest BCUT2D eigenvalue weighted by atomic mass is 10.0. The summed E-state index contributed by atoms with van der Waals surface area (Å²) in [6.45, 7) is 0. The molecule has 0 amide bonds. The summed E-state index contributed by atoms with van der Waals surface area (Å²) in [6, 6.07) is 56.2. The van der Waals surface area contributed by atoms with Gasteiger partial charge in [-0.05, 0) is 42.5 Å². The van der Waals surface area contributed by atoms with Crippen LogP contribution >= 0.6 is 22.7 Å². The summed E-state index contributed by atoms with van der Waals surface area (Å²) < 4.78 is 10.9. The molecule has 57 heavy (non-hydrogen) atoms. The number of hydrogen-bond donors (Lipinski definition) is 0. The number of furan rings is 1. The average Bonchev–Trinajstić information content (AvgIpc) is 3.97. The minimum absolute atomic E-state index is 0.588. The molecule has 0 unspecified atom stereocenters. The highest BCUT2D eigenvalue weighted by atomic mass is 32.1. The van der Waals surface area contributed by atoms with E-state index in [-0.39, 0.29) is 0 Å². The van der Waals surface area contributed by atoms with Crippen molar-refractivity contribution in [1.82, 2.24) is 24.9 Å². The third-order valence-corrected chi connectivity index (χ3v) is 12.9. The summed E-state index contributed by atoms with van der Waals surface area (Å²) >= 11 is 3.52. The third-order valence-electron chi connectivity index (χ3n) is 10.6. The van der Waals surface area contributed by atoms with Gasteiger partial charge < -0.3 is 4.42 Å². The van der Waals surface area contributed by atoms with Crippen LogP contribution < -0.4 is 0 Å². The zero-order chi connectivity index (χ0) is 37.5. The fourth-order valence-corrected chi connectivity index (χ4v) is 10.2. The van der Waals surface area contributed by atoms with Gasteiger partial charge in [0.2, 0.25) is 0 Å². The molecule has 0 atom stereocenters. The molecule has 0 bridgehead atoms. The molecule has 0 N–H and O–H groups in total. The summed E-state index contributed by atoms with van der Waals surface area (Å²) in [4.78, 5) is 26.1. The molecule has 8 heteroatoms. The minimum atomic E-state index is 0.588. The first-order valence-electron chi connectivity index (χ1n) is 18.7. The molecule has 0 saturated heterocycles. The summed E-state index contributed by atoms with van der Waals surface area (Å²) in [5.74, 6) is 2.49. The first-order valence-corrected chi connectivity index (χ1v) is 20.3. The van der Waals surface area contributed by atoms with Gasteiger partial charge in [0, 0.05) is 68.8 Å². The smallest absolute Gasteiger partial charge is 0.164 e. The minimum Gasteiger partial charge on any atom is -0.456 e. The molecule has 6 nitrogen and oxygen atoms in total. The largest absolute Gasteiger partial charge is 0.456 e. The number of benzene rings is 7. The maximum absolute atomic E-state index is 6.27. The highest BCUT2D eigenvalue weighted by molar-refractivity contribution is 7.26. The molecule has 0 aliphatic heterocycles. The number of nitrogens with zero attached hydrogens (tertiary/aromatic N) is 5. The predicted molar refractivity (Wildman–Crippen MR) is 236 cm³/mol. The van der Waals surface area contributed by atoms with Crippen molar-refractivity contribution in [2.45, 2.75) is 0 Å². The van der Waals surface area contributed by atoms with Crippen LogP contribution in [0.1, 0.15) is 0 Å². The van der Waals surface area contributed by atoms with Crippen molar-refractivity contribution in [1.29, 1.82) is 0 Å². The van der Waals surface area contributed by atoms with Crippen molar-refractivity contribution < 1.29 is 4.42 Å². The molecule has 0 saturated carbocycles. The van der Waals surface area contributed by atoms with Gasteiger partial charge in [0.25, 0.3) is 0 Å².